The minimum absolute atomic E-state index is 0.0114. The second-order valence-corrected chi connectivity index (χ2v) is 8.89. The molecule has 3 aromatic rings. The molecule has 3 aliphatic rings. The largest absolute Gasteiger partial charge is 0.433 e. The fourth-order valence-electron chi connectivity index (χ4n) is 5.70. The number of carbonyl (C=O) groups excluding carboxylic acids is 3. The van der Waals surface area contributed by atoms with Gasteiger partial charge in [-0.15, -0.1) is 0 Å². The number of hydrogen-bond donors (Lipinski definition) is 1. The summed E-state index contributed by atoms with van der Waals surface area (Å²) in [5, 5.41) is 10.3. The van der Waals surface area contributed by atoms with Crippen LogP contribution < -0.4 is 4.90 Å². The van der Waals surface area contributed by atoms with Crippen molar-refractivity contribution in [2.24, 2.45) is 0 Å². The molecular weight excluding hydrogens is 443 g/mol. The first kappa shape index (κ1) is 20.6. The lowest BCUT2D eigenvalue weighted by Crippen LogP contribution is -2.62. The molecule has 0 saturated carbocycles. The zero-order valence-corrected chi connectivity index (χ0v) is 17.8. The fraction of sp³-hybridized carbons (Fsp3) is 0.208. The Labute approximate surface area is 192 Å². The van der Waals surface area contributed by atoms with E-state index in [-0.39, 0.29) is 27.5 Å². The second-order valence-electron chi connectivity index (χ2n) is 8.89. The van der Waals surface area contributed by atoms with Gasteiger partial charge < -0.3 is 0 Å². The maximum absolute atomic E-state index is 14.0. The van der Waals surface area contributed by atoms with Crippen molar-refractivity contribution in [2.75, 3.05) is 24.7 Å². The van der Waals surface area contributed by atoms with Crippen molar-refractivity contribution in [3.8, 4) is 0 Å². The Hall–Kier alpha value is -4.02. The number of fused-ring (bicyclic) bond motifs is 2. The number of benzene rings is 3. The Morgan fingerprint density at radius 3 is 2.41 bits per heavy atom. The van der Waals surface area contributed by atoms with Crippen molar-refractivity contribution in [1.29, 1.82) is 0 Å². The number of Topliss-reactive ketones (excluding diaryl/α,β-unsaturated/α-hetero) is 1. The molecule has 3 amide bonds. The summed E-state index contributed by atoms with van der Waals surface area (Å²) >= 11 is 0. The van der Waals surface area contributed by atoms with Gasteiger partial charge in [0.1, 0.15) is 12.5 Å². The maximum Gasteiger partial charge on any atom is 0.433 e. The van der Waals surface area contributed by atoms with Gasteiger partial charge in [-0.1, -0.05) is 18.2 Å². The van der Waals surface area contributed by atoms with Crippen molar-refractivity contribution < 1.29 is 33.4 Å². The predicted octanol–water partition coefficient (Wildman–Crippen LogP) is 2.97. The third-order valence-corrected chi connectivity index (χ3v) is 7.22. The summed E-state index contributed by atoms with van der Waals surface area (Å²) in [6.07, 6.45) is 0. The summed E-state index contributed by atoms with van der Waals surface area (Å²) in [5.41, 5.74) is 0.575. The first-order chi connectivity index (χ1) is 16.3. The number of rotatable bonds is 4. The van der Waals surface area contributed by atoms with Gasteiger partial charge in [0, 0.05) is 17.0 Å². The van der Waals surface area contributed by atoms with Crippen molar-refractivity contribution in [3.05, 3.63) is 77.0 Å². The lowest BCUT2D eigenvalue weighted by Gasteiger charge is -2.32. The van der Waals surface area contributed by atoms with E-state index in [1.807, 2.05) is 4.90 Å². The number of quaternary nitrogens is 1. The minimum atomic E-state index is -0.786. The van der Waals surface area contributed by atoms with Crippen LogP contribution in [0.1, 0.15) is 10.4 Å². The van der Waals surface area contributed by atoms with Crippen molar-refractivity contribution in [1.82, 2.24) is 4.90 Å². The average molecular weight is 462 g/mol. The van der Waals surface area contributed by atoms with E-state index in [1.54, 1.807) is 24.3 Å². The van der Waals surface area contributed by atoms with Gasteiger partial charge in [0.2, 0.25) is 5.78 Å². The SMILES string of the molecule is O=C(c1ccc(F)cc1)C1C[N@@]2CC3C(=O)N(c4ccc([N+](=O)O)c5ccccc45)C(=O)[N+]13C2. The lowest BCUT2D eigenvalue weighted by molar-refractivity contribution is -0.852. The zero-order chi connectivity index (χ0) is 23.8. The molecule has 3 fully saturated rings. The molecule has 6 rings (SSSR count). The number of halogens is 1. The van der Waals surface area contributed by atoms with Crippen LogP contribution in [-0.4, -0.2) is 69.1 Å². The van der Waals surface area contributed by atoms with Gasteiger partial charge in [-0.3, -0.25) is 9.59 Å². The monoisotopic (exact) mass is 462 g/mol. The van der Waals surface area contributed by atoms with Gasteiger partial charge in [-0.05, 0) is 36.4 Å². The van der Waals surface area contributed by atoms with Crippen LogP contribution in [0.25, 0.3) is 10.8 Å². The summed E-state index contributed by atoms with van der Waals surface area (Å²) in [6, 6.07) is 12.6. The second kappa shape index (κ2) is 6.99. The van der Waals surface area contributed by atoms with Crippen LogP contribution in [0.15, 0.2) is 60.7 Å². The van der Waals surface area contributed by atoms with E-state index in [0.29, 0.717) is 35.1 Å². The van der Waals surface area contributed by atoms with E-state index in [1.165, 1.54) is 36.4 Å². The third kappa shape index (κ3) is 2.57. The molecule has 10 heteroatoms. The molecule has 34 heavy (non-hydrogen) atoms. The molecule has 0 aromatic heterocycles. The summed E-state index contributed by atoms with van der Waals surface area (Å²) in [5.74, 6) is -1.19. The molecule has 0 radical (unpaired) electrons. The molecule has 1 N–H and O–H groups in total. The van der Waals surface area contributed by atoms with Gasteiger partial charge in [-0.2, -0.15) is 4.90 Å². The molecule has 170 valence electrons. The molecular formula is C24H19FN4O5+2. The molecule has 9 nitrogen and oxygen atoms in total. The summed E-state index contributed by atoms with van der Waals surface area (Å²) < 4.78 is 13.1. The van der Waals surface area contributed by atoms with E-state index in [2.05, 4.69) is 0 Å². The van der Waals surface area contributed by atoms with Crippen LogP contribution in [0.2, 0.25) is 0 Å². The van der Waals surface area contributed by atoms with Crippen LogP contribution in [0.4, 0.5) is 20.6 Å². The summed E-state index contributed by atoms with van der Waals surface area (Å²) in [7, 11) is 0. The molecule has 3 heterocycles. The first-order valence-electron chi connectivity index (χ1n) is 10.8. The highest BCUT2D eigenvalue weighted by Gasteiger charge is 2.73. The van der Waals surface area contributed by atoms with Crippen LogP contribution in [0, 0.1) is 10.7 Å². The maximum atomic E-state index is 14.0. The highest BCUT2D eigenvalue weighted by Crippen LogP contribution is 2.46. The number of piperazine rings is 1. The van der Waals surface area contributed by atoms with Gasteiger partial charge in [0.25, 0.3) is 10.8 Å². The van der Waals surface area contributed by atoms with Crippen LogP contribution in [0.5, 0.6) is 0 Å². The van der Waals surface area contributed by atoms with Crippen LogP contribution >= 0.6 is 0 Å². The topological polar surface area (TPSA) is 98.0 Å². The Balaban J connectivity index is 1.46. The first-order valence-corrected chi connectivity index (χ1v) is 10.8. The number of hydrogen-bond acceptors (Lipinski definition) is 5. The molecule has 2 bridgehead atoms. The van der Waals surface area contributed by atoms with Gasteiger partial charge in [-0.25, -0.2) is 23.8 Å². The Morgan fingerprint density at radius 1 is 1.00 bits per heavy atom. The number of anilines is 1. The molecule has 3 aromatic carbocycles. The molecule has 3 saturated heterocycles. The lowest BCUT2D eigenvalue weighted by atomic mass is 9.99. The number of amides is 3. The zero-order valence-electron chi connectivity index (χ0n) is 17.8. The van der Waals surface area contributed by atoms with Crippen molar-refractivity contribution in [3.63, 3.8) is 0 Å². The van der Waals surface area contributed by atoms with Crippen LogP contribution in [0.3, 0.4) is 0 Å². The van der Waals surface area contributed by atoms with Gasteiger partial charge >= 0.3 is 11.7 Å². The number of imide groups is 1. The standard InChI is InChI=1S/C24H19FN4O5/c25-15-7-5-14(6-8-15)22(30)20-11-26-12-21-23(31)27(24(32)29(20,21)13-26)18-9-10-19(28(33)34)17-4-2-1-3-16(17)18/h1-10,20-21H,11-13H2,(H,33,34)/q+2. The van der Waals surface area contributed by atoms with E-state index in [4.69, 9.17) is 0 Å². The van der Waals surface area contributed by atoms with Crippen molar-refractivity contribution in [2.45, 2.75) is 12.1 Å². The van der Waals surface area contributed by atoms with E-state index < -0.39 is 29.8 Å². The van der Waals surface area contributed by atoms with Crippen LogP contribution in [-0.2, 0) is 4.79 Å². The van der Waals surface area contributed by atoms with E-state index >= 15 is 0 Å². The predicted molar refractivity (Wildman–Crippen MR) is 117 cm³/mol. The number of carbonyl (C=O) groups is 3. The molecule has 4 atom stereocenters. The average Bonchev–Trinajstić information content (AvgIpc) is 3.47. The molecule has 0 aliphatic carbocycles. The Bertz CT molecular complexity index is 1420. The summed E-state index contributed by atoms with van der Waals surface area (Å²) in [6.45, 7) is 0.925. The normalized spacial score (nSPS) is 27.4. The highest BCUT2D eigenvalue weighted by molar-refractivity contribution is 6.23. The Morgan fingerprint density at radius 2 is 1.71 bits per heavy atom. The molecule has 1 spiro atoms. The van der Waals surface area contributed by atoms with Gasteiger partial charge in [0.15, 0.2) is 12.1 Å². The molecule has 3 aliphatic heterocycles. The van der Waals surface area contributed by atoms with Crippen molar-refractivity contribution >= 4 is 39.9 Å². The quantitative estimate of drug-likeness (QED) is 0.277. The van der Waals surface area contributed by atoms with E-state index in [0.717, 1.165) is 4.90 Å². The van der Waals surface area contributed by atoms with Gasteiger partial charge in [0.05, 0.1) is 29.1 Å². The highest BCUT2D eigenvalue weighted by atomic mass is 19.1. The number of urea groups is 1. The minimum Gasteiger partial charge on any atom is -0.287 e. The fourth-order valence-corrected chi connectivity index (χ4v) is 5.70. The smallest absolute Gasteiger partial charge is 0.287 e. The number of ketones is 1. The third-order valence-electron chi connectivity index (χ3n) is 7.22. The summed E-state index contributed by atoms with van der Waals surface area (Å²) in [4.78, 5) is 55.3. The Kier molecular flexibility index (Phi) is 4.23. The molecule has 3 unspecified atom stereocenters. The van der Waals surface area contributed by atoms with E-state index in [9.17, 15) is 28.9 Å². The number of nitrogens with zero attached hydrogens (tertiary/aromatic N) is 4.